The summed E-state index contributed by atoms with van der Waals surface area (Å²) in [5.74, 6) is 0. The van der Waals surface area contributed by atoms with Gasteiger partial charge < -0.3 is 9.73 Å². The fourth-order valence-electron chi connectivity index (χ4n) is 1.44. The molecule has 0 saturated carbocycles. The van der Waals surface area contributed by atoms with E-state index >= 15 is 0 Å². The first-order chi connectivity index (χ1) is 6.33. The summed E-state index contributed by atoms with van der Waals surface area (Å²) in [5, 5.41) is 4.22. The number of aryl methyl sites for hydroxylation is 1. The van der Waals surface area contributed by atoms with Crippen molar-refractivity contribution in [1.82, 2.24) is 10.3 Å². The molecule has 0 unspecified atom stereocenters. The SMILES string of the molecule is CNCc1ncc(C)c2ccoc12. The maximum Gasteiger partial charge on any atom is 0.156 e. The fraction of sp³-hybridized carbons (Fsp3) is 0.300. The first kappa shape index (κ1) is 8.26. The zero-order valence-corrected chi connectivity index (χ0v) is 7.79. The van der Waals surface area contributed by atoms with Gasteiger partial charge in [-0.05, 0) is 25.6 Å². The van der Waals surface area contributed by atoms with Gasteiger partial charge in [-0.15, -0.1) is 0 Å². The molecule has 2 heterocycles. The largest absolute Gasteiger partial charge is 0.462 e. The Bertz CT molecular complexity index is 420. The van der Waals surface area contributed by atoms with Crippen LogP contribution in [0.1, 0.15) is 11.3 Å². The minimum atomic E-state index is 0.740. The summed E-state index contributed by atoms with van der Waals surface area (Å²) in [7, 11) is 1.90. The quantitative estimate of drug-likeness (QED) is 0.758. The monoisotopic (exact) mass is 176 g/mol. The summed E-state index contributed by atoms with van der Waals surface area (Å²) in [6.07, 6.45) is 3.59. The number of fused-ring (bicyclic) bond motifs is 1. The van der Waals surface area contributed by atoms with Gasteiger partial charge in [-0.1, -0.05) is 0 Å². The molecule has 68 valence electrons. The first-order valence-corrected chi connectivity index (χ1v) is 4.29. The van der Waals surface area contributed by atoms with Crippen LogP contribution in [0.5, 0.6) is 0 Å². The summed E-state index contributed by atoms with van der Waals surface area (Å²) in [4.78, 5) is 4.31. The van der Waals surface area contributed by atoms with Crippen molar-refractivity contribution in [2.45, 2.75) is 13.5 Å². The molecular weight excluding hydrogens is 164 g/mol. The lowest BCUT2D eigenvalue weighted by Gasteiger charge is -2.01. The van der Waals surface area contributed by atoms with E-state index in [4.69, 9.17) is 4.42 Å². The van der Waals surface area contributed by atoms with E-state index in [2.05, 4.69) is 10.3 Å². The van der Waals surface area contributed by atoms with Crippen molar-refractivity contribution in [3.8, 4) is 0 Å². The normalized spacial score (nSPS) is 10.9. The number of pyridine rings is 1. The molecule has 0 aliphatic heterocycles. The van der Waals surface area contributed by atoms with Gasteiger partial charge in [-0.3, -0.25) is 4.98 Å². The van der Waals surface area contributed by atoms with Gasteiger partial charge >= 0.3 is 0 Å². The Morgan fingerprint density at radius 1 is 1.54 bits per heavy atom. The van der Waals surface area contributed by atoms with Gasteiger partial charge in [0.15, 0.2) is 5.58 Å². The molecule has 3 heteroatoms. The Morgan fingerprint density at radius 3 is 3.15 bits per heavy atom. The molecule has 13 heavy (non-hydrogen) atoms. The lowest BCUT2D eigenvalue weighted by atomic mass is 10.2. The van der Waals surface area contributed by atoms with Gasteiger partial charge in [0.1, 0.15) is 0 Å². The average Bonchev–Trinajstić information content (AvgIpc) is 2.59. The van der Waals surface area contributed by atoms with Crippen molar-refractivity contribution < 1.29 is 4.42 Å². The van der Waals surface area contributed by atoms with E-state index in [-0.39, 0.29) is 0 Å². The molecule has 0 aromatic carbocycles. The Hall–Kier alpha value is -1.35. The number of aromatic nitrogens is 1. The highest BCUT2D eigenvalue weighted by atomic mass is 16.3. The molecule has 0 saturated heterocycles. The molecule has 0 bridgehead atoms. The summed E-state index contributed by atoms with van der Waals surface area (Å²) >= 11 is 0. The molecule has 2 rings (SSSR count). The van der Waals surface area contributed by atoms with Gasteiger partial charge in [-0.25, -0.2) is 0 Å². The Labute approximate surface area is 76.8 Å². The van der Waals surface area contributed by atoms with E-state index in [0.29, 0.717) is 0 Å². The van der Waals surface area contributed by atoms with Gasteiger partial charge in [0, 0.05) is 18.1 Å². The minimum absolute atomic E-state index is 0.740. The van der Waals surface area contributed by atoms with Crippen molar-refractivity contribution >= 4 is 11.0 Å². The van der Waals surface area contributed by atoms with E-state index in [1.807, 2.05) is 26.2 Å². The predicted octanol–water partition coefficient (Wildman–Crippen LogP) is 1.86. The lowest BCUT2D eigenvalue weighted by molar-refractivity contribution is 0.604. The van der Waals surface area contributed by atoms with Gasteiger partial charge in [0.25, 0.3) is 0 Å². The topological polar surface area (TPSA) is 38.1 Å². The van der Waals surface area contributed by atoms with Crippen LogP contribution in [-0.2, 0) is 6.54 Å². The smallest absolute Gasteiger partial charge is 0.156 e. The predicted molar refractivity (Wildman–Crippen MR) is 51.5 cm³/mol. The van der Waals surface area contributed by atoms with E-state index < -0.39 is 0 Å². The number of hydrogen-bond donors (Lipinski definition) is 1. The van der Waals surface area contributed by atoms with Crippen LogP contribution in [0.15, 0.2) is 22.9 Å². The second-order valence-electron chi connectivity index (χ2n) is 3.08. The van der Waals surface area contributed by atoms with Crippen molar-refractivity contribution in [2.24, 2.45) is 0 Å². The molecule has 0 atom stereocenters. The van der Waals surface area contributed by atoms with Crippen molar-refractivity contribution in [3.05, 3.63) is 29.8 Å². The molecule has 0 amide bonds. The summed E-state index contributed by atoms with van der Waals surface area (Å²) in [6, 6.07) is 1.98. The number of nitrogens with zero attached hydrogens (tertiary/aromatic N) is 1. The number of nitrogens with one attached hydrogen (secondary N) is 1. The summed E-state index contributed by atoms with van der Waals surface area (Å²) in [5.41, 5.74) is 3.02. The van der Waals surface area contributed by atoms with Crippen LogP contribution in [0.2, 0.25) is 0 Å². The van der Waals surface area contributed by atoms with Crippen LogP contribution < -0.4 is 5.32 Å². The lowest BCUT2D eigenvalue weighted by Crippen LogP contribution is -2.07. The highest BCUT2D eigenvalue weighted by Gasteiger charge is 2.06. The number of rotatable bonds is 2. The van der Waals surface area contributed by atoms with Crippen LogP contribution in [0, 0.1) is 6.92 Å². The highest BCUT2D eigenvalue weighted by Crippen LogP contribution is 2.21. The Balaban J connectivity index is 2.64. The van der Waals surface area contributed by atoms with Crippen molar-refractivity contribution in [3.63, 3.8) is 0 Å². The molecule has 2 aromatic rings. The van der Waals surface area contributed by atoms with Gasteiger partial charge in [0.05, 0.1) is 12.0 Å². The standard InChI is InChI=1S/C10H12N2O/c1-7-5-12-9(6-11-2)10-8(7)3-4-13-10/h3-5,11H,6H2,1-2H3. The second kappa shape index (κ2) is 3.18. The third-order valence-electron chi connectivity index (χ3n) is 2.11. The van der Waals surface area contributed by atoms with Crippen LogP contribution >= 0.6 is 0 Å². The molecule has 1 N–H and O–H groups in total. The third kappa shape index (κ3) is 1.31. The summed E-state index contributed by atoms with van der Waals surface area (Å²) in [6.45, 7) is 2.78. The molecular formula is C10H12N2O. The van der Waals surface area contributed by atoms with E-state index in [9.17, 15) is 0 Å². The van der Waals surface area contributed by atoms with Crippen LogP contribution in [-0.4, -0.2) is 12.0 Å². The first-order valence-electron chi connectivity index (χ1n) is 4.29. The van der Waals surface area contributed by atoms with Crippen molar-refractivity contribution in [1.29, 1.82) is 0 Å². The molecule has 0 radical (unpaired) electrons. The van der Waals surface area contributed by atoms with Crippen molar-refractivity contribution in [2.75, 3.05) is 7.05 Å². The molecule has 0 aliphatic carbocycles. The molecule has 2 aromatic heterocycles. The minimum Gasteiger partial charge on any atom is -0.462 e. The molecule has 0 spiro atoms. The number of hydrogen-bond acceptors (Lipinski definition) is 3. The maximum absolute atomic E-state index is 5.38. The maximum atomic E-state index is 5.38. The van der Waals surface area contributed by atoms with Crippen LogP contribution in [0.3, 0.4) is 0 Å². The van der Waals surface area contributed by atoms with E-state index in [1.54, 1.807) is 6.26 Å². The summed E-state index contributed by atoms with van der Waals surface area (Å²) < 4.78 is 5.38. The van der Waals surface area contributed by atoms with Crippen LogP contribution in [0.25, 0.3) is 11.0 Å². The van der Waals surface area contributed by atoms with E-state index in [0.717, 1.165) is 28.8 Å². The fourth-order valence-corrected chi connectivity index (χ4v) is 1.44. The highest BCUT2D eigenvalue weighted by molar-refractivity contribution is 5.82. The van der Waals surface area contributed by atoms with Gasteiger partial charge in [0.2, 0.25) is 0 Å². The molecule has 0 aliphatic rings. The van der Waals surface area contributed by atoms with Gasteiger partial charge in [-0.2, -0.15) is 0 Å². The zero-order chi connectivity index (χ0) is 9.26. The molecule has 0 fully saturated rings. The number of furan rings is 1. The Kier molecular flexibility index (Phi) is 2.02. The van der Waals surface area contributed by atoms with E-state index in [1.165, 1.54) is 0 Å². The third-order valence-corrected chi connectivity index (χ3v) is 2.11. The average molecular weight is 176 g/mol. The Morgan fingerprint density at radius 2 is 2.38 bits per heavy atom. The van der Waals surface area contributed by atoms with Crippen LogP contribution in [0.4, 0.5) is 0 Å². The molecule has 3 nitrogen and oxygen atoms in total. The second-order valence-corrected chi connectivity index (χ2v) is 3.08. The zero-order valence-electron chi connectivity index (χ0n) is 7.79.